The highest BCUT2D eigenvalue weighted by molar-refractivity contribution is 8.00. The fraction of sp³-hybridized carbons (Fsp3) is 0.778. The summed E-state index contributed by atoms with van der Waals surface area (Å²) in [7, 11) is 0. The van der Waals surface area contributed by atoms with Crippen LogP contribution >= 0.6 is 11.8 Å². The lowest BCUT2D eigenvalue weighted by molar-refractivity contribution is 0.181. The number of nitrogens with two attached hydrogens (primary N) is 1. The Bertz CT molecular complexity index is 344. The van der Waals surface area contributed by atoms with Crippen LogP contribution in [0.15, 0.2) is 4.52 Å². The van der Waals surface area contributed by atoms with Crippen LogP contribution in [0.4, 0.5) is 0 Å². The van der Waals surface area contributed by atoms with Crippen molar-refractivity contribution in [3.05, 3.63) is 11.7 Å². The zero-order valence-corrected chi connectivity index (χ0v) is 8.72. The van der Waals surface area contributed by atoms with Crippen molar-refractivity contribution < 1.29 is 4.52 Å². The third-order valence-corrected chi connectivity index (χ3v) is 4.39. The number of rotatable bonds is 2. The Hall–Kier alpha value is -0.550. The smallest absolute Gasteiger partial charge is 0.246 e. The molecule has 0 spiro atoms. The van der Waals surface area contributed by atoms with Crippen molar-refractivity contribution in [1.29, 1.82) is 0 Å². The Morgan fingerprint density at radius 1 is 1.43 bits per heavy atom. The molecule has 0 aromatic carbocycles. The van der Waals surface area contributed by atoms with Gasteiger partial charge in [0, 0.05) is 17.4 Å². The monoisotopic (exact) mass is 211 g/mol. The third kappa shape index (κ3) is 1.19. The maximum atomic E-state index is 6.10. The van der Waals surface area contributed by atoms with Gasteiger partial charge in [0.05, 0.1) is 5.54 Å². The van der Waals surface area contributed by atoms with Gasteiger partial charge in [0.1, 0.15) is 0 Å². The summed E-state index contributed by atoms with van der Waals surface area (Å²) in [5.41, 5.74) is 5.79. The quantitative estimate of drug-likeness (QED) is 0.797. The van der Waals surface area contributed by atoms with Gasteiger partial charge in [-0.3, -0.25) is 0 Å². The van der Waals surface area contributed by atoms with Crippen LogP contribution in [0.2, 0.25) is 0 Å². The molecule has 5 heteroatoms. The van der Waals surface area contributed by atoms with E-state index < -0.39 is 0 Å². The van der Waals surface area contributed by atoms with Crippen LogP contribution in [0, 0.1) is 0 Å². The van der Waals surface area contributed by atoms with E-state index in [2.05, 4.69) is 10.1 Å². The average Bonchev–Trinajstić information content (AvgIpc) is 2.46. The highest BCUT2D eigenvalue weighted by Gasteiger charge is 2.40. The molecule has 2 N–H and O–H groups in total. The molecule has 0 atom stereocenters. The van der Waals surface area contributed by atoms with Crippen LogP contribution in [-0.2, 0) is 5.54 Å². The normalized spacial score (nSPS) is 25.5. The molecule has 4 nitrogen and oxygen atoms in total. The molecule has 1 aliphatic heterocycles. The van der Waals surface area contributed by atoms with E-state index in [1.54, 1.807) is 0 Å². The molecule has 0 unspecified atom stereocenters. The molecule has 2 aliphatic rings. The van der Waals surface area contributed by atoms with Crippen molar-refractivity contribution in [3.8, 4) is 0 Å². The summed E-state index contributed by atoms with van der Waals surface area (Å²) in [6.07, 6.45) is 3.13. The predicted molar refractivity (Wildman–Crippen MR) is 54.1 cm³/mol. The minimum Gasteiger partial charge on any atom is -0.337 e. The second kappa shape index (κ2) is 2.97. The van der Waals surface area contributed by atoms with Crippen LogP contribution < -0.4 is 5.73 Å². The Balaban J connectivity index is 1.82. The highest BCUT2D eigenvalue weighted by Crippen LogP contribution is 2.39. The van der Waals surface area contributed by atoms with Crippen LogP contribution in [0.3, 0.4) is 0 Å². The van der Waals surface area contributed by atoms with Gasteiger partial charge in [-0.05, 0) is 19.3 Å². The SMILES string of the molecule is NC1(c2nc(C3CSC3)no2)CCC1. The van der Waals surface area contributed by atoms with E-state index in [-0.39, 0.29) is 5.54 Å². The van der Waals surface area contributed by atoms with E-state index in [1.165, 1.54) is 6.42 Å². The fourth-order valence-electron chi connectivity index (χ4n) is 1.76. The number of aromatic nitrogens is 2. The highest BCUT2D eigenvalue weighted by atomic mass is 32.2. The fourth-order valence-corrected chi connectivity index (χ4v) is 2.53. The van der Waals surface area contributed by atoms with Crippen LogP contribution in [0.25, 0.3) is 0 Å². The topological polar surface area (TPSA) is 64.9 Å². The maximum Gasteiger partial charge on any atom is 0.246 e. The molecule has 0 radical (unpaired) electrons. The lowest BCUT2D eigenvalue weighted by Crippen LogP contribution is -2.43. The van der Waals surface area contributed by atoms with E-state index in [9.17, 15) is 0 Å². The minimum atomic E-state index is -0.303. The van der Waals surface area contributed by atoms with Crippen molar-refractivity contribution in [3.63, 3.8) is 0 Å². The molecule has 1 aromatic heterocycles. The molecule has 2 fully saturated rings. The number of hydrogen-bond donors (Lipinski definition) is 1. The van der Waals surface area contributed by atoms with Crippen molar-refractivity contribution >= 4 is 11.8 Å². The molecule has 2 heterocycles. The first-order chi connectivity index (χ1) is 6.78. The maximum absolute atomic E-state index is 6.10. The van der Waals surface area contributed by atoms with Gasteiger partial charge in [-0.2, -0.15) is 16.7 Å². The molecule has 1 saturated carbocycles. The Labute approximate surface area is 86.6 Å². The third-order valence-electron chi connectivity index (χ3n) is 3.12. The summed E-state index contributed by atoms with van der Waals surface area (Å²) in [4.78, 5) is 4.41. The Kier molecular flexibility index (Phi) is 1.85. The van der Waals surface area contributed by atoms with Gasteiger partial charge in [0.15, 0.2) is 5.82 Å². The van der Waals surface area contributed by atoms with Gasteiger partial charge in [-0.15, -0.1) is 0 Å². The van der Waals surface area contributed by atoms with E-state index in [4.69, 9.17) is 10.3 Å². The van der Waals surface area contributed by atoms with Crippen molar-refractivity contribution in [2.24, 2.45) is 5.73 Å². The first kappa shape index (κ1) is 8.73. The minimum absolute atomic E-state index is 0.303. The molecule has 3 rings (SSSR count). The number of nitrogens with zero attached hydrogens (tertiary/aromatic N) is 2. The summed E-state index contributed by atoms with van der Waals surface area (Å²) in [5, 5.41) is 4.01. The van der Waals surface area contributed by atoms with Gasteiger partial charge in [0.2, 0.25) is 5.89 Å². The first-order valence-corrected chi connectivity index (χ1v) is 6.14. The zero-order chi connectivity index (χ0) is 9.60. The standard InChI is InChI=1S/C9H13N3OS/c10-9(2-1-3-9)8-11-7(12-13-8)6-4-14-5-6/h6H,1-5,10H2. The second-order valence-corrected chi connectivity index (χ2v) is 5.28. The van der Waals surface area contributed by atoms with Crippen LogP contribution in [0.5, 0.6) is 0 Å². The van der Waals surface area contributed by atoms with Crippen LogP contribution in [0.1, 0.15) is 36.9 Å². The lowest BCUT2D eigenvalue weighted by Gasteiger charge is -2.33. The Morgan fingerprint density at radius 2 is 2.21 bits per heavy atom. The molecule has 1 aromatic rings. The van der Waals surface area contributed by atoms with Gasteiger partial charge in [-0.1, -0.05) is 5.16 Å². The summed E-state index contributed by atoms with van der Waals surface area (Å²) in [5.74, 6) is 4.25. The number of hydrogen-bond acceptors (Lipinski definition) is 5. The predicted octanol–water partition coefficient (Wildman–Crippen LogP) is 1.24. The molecule has 0 bridgehead atoms. The summed E-state index contributed by atoms with van der Waals surface area (Å²) in [6.45, 7) is 0. The molecule has 14 heavy (non-hydrogen) atoms. The average molecular weight is 211 g/mol. The first-order valence-electron chi connectivity index (χ1n) is 4.99. The largest absolute Gasteiger partial charge is 0.337 e. The van der Waals surface area contributed by atoms with E-state index in [1.807, 2.05) is 11.8 Å². The summed E-state index contributed by atoms with van der Waals surface area (Å²) in [6, 6.07) is 0. The van der Waals surface area contributed by atoms with Gasteiger partial charge in [-0.25, -0.2) is 0 Å². The molecular formula is C9H13N3OS. The zero-order valence-electron chi connectivity index (χ0n) is 7.90. The molecule has 1 aliphatic carbocycles. The van der Waals surface area contributed by atoms with Crippen molar-refractivity contribution in [2.75, 3.05) is 11.5 Å². The summed E-state index contributed by atoms with van der Waals surface area (Å²) < 4.78 is 5.23. The lowest BCUT2D eigenvalue weighted by atomic mass is 9.78. The second-order valence-electron chi connectivity index (χ2n) is 4.20. The van der Waals surface area contributed by atoms with E-state index >= 15 is 0 Å². The van der Waals surface area contributed by atoms with E-state index in [0.717, 1.165) is 30.2 Å². The summed E-state index contributed by atoms with van der Waals surface area (Å²) >= 11 is 1.92. The van der Waals surface area contributed by atoms with E-state index in [0.29, 0.717) is 11.8 Å². The Morgan fingerprint density at radius 3 is 2.71 bits per heavy atom. The van der Waals surface area contributed by atoms with Gasteiger partial charge >= 0.3 is 0 Å². The van der Waals surface area contributed by atoms with Gasteiger partial charge in [0.25, 0.3) is 0 Å². The van der Waals surface area contributed by atoms with Crippen LogP contribution in [-0.4, -0.2) is 21.6 Å². The molecule has 1 saturated heterocycles. The van der Waals surface area contributed by atoms with Gasteiger partial charge < -0.3 is 10.3 Å². The van der Waals surface area contributed by atoms with Crippen molar-refractivity contribution in [1.82, 2.24) is 10.1 Å². The molecule has 0 amide bonds. The molecule has 76 valence electrons. The van der Waals surface area contributed by atoms with Crippen molar-refractivity contribution in [2.45, 2.75) is 30.7 Å². The molecular weight excluding hydrogens is 198 g/mol. The number of thioether (sulfide) groups is 1.